The van der Waals surface area contributed by atoms with Crippen LogP contribution in [-0.2, 0) is 6.54 Å². The molecule has 0 unspecified atom stereocenters. The van der Waals surface area contributed by atoms with Crippen molar-refractivity contribution in [2.24, 2.45) is 5.41 Å². The summed E-state index contributed by atoms with van der Waals surface area (Å²) in [5, 5.41) is 0. The lowest BCUT2D eigenvalue weighted by Crippen LogP contribution is -2.33. The highest BCUT2D eigenvalue weighted by atomic mass is 127. The third-order valence-electron chi connectivity index (χ3n) is 4.40. The van der Waals surface area contributed by atoms with E-state index < -0.39 is 0 Å². The summed E-state index contributed by atoms with van der Waals surface area (Å²) in [6.45, 7) is 3.31. The summed E-state index contributed by atoms with van der Waals surface area (Å²) in [7, 11) is 0. The monoisotopic (exact) mass is 355 g/mol. The molecule has 0 amide bonds. The molecule has 1 fully saturated rings. The minimum absolute atomic E-state index is 0.463. The van der Waals surface area contributed by atoms with Crippen LogP contribution >= 0.6 is 22.6 Å². The minimum Gasteiger partial charge on any atom is -0.369 e. The standard InChI is InChI=1S/C14H18IN3/c1-2-14(6-3-7-14)9-18-12-5-4-10(15)8-11(12)17-13(18)16/h4-5,8H,2-3,6-7,9H2,1H3,(H2,16,17). The lowest BCUT2D eigenvalue weighted by molar-refractivity contribution is 0.103. The maximum absolute atomic E-state index is 6.09. The van der Waals surface area contributed by atoms with E-state index in [4.69, 9.17) is 5.73 Å². The first-order chi connectivity index (χ1) is 8.63. The first-order valence-electron chi connectivity index (χ1n) is 6.55. The van der Waals surface area contributed by atoms with Gasteiger partial charge in [-0.2, -0.15) is 0 Å². The molecule has 1 saturated carbocycles. The number of nitrogens with zero attached hydrogens (tertiary/aromatic N) is 2. The van der Waals surface area contributed by atoms with Gasteiger partial charge in [0.05, 0.1) is 11.0 Å². The van der Waals surface area contributed by atoms with E-state index in [0.717, 1.165) is 12.1 Å². The van der Waals surface area contributed by atoms with Gasteiger partial charge >= 0.3 is 0 Å². The zero-order valence-corrected chi connectivity index (χ0v) is 12.8. The second-order valence-electron chi connectivity index (χ2n) is 5.40. The normalized spacial score (nSPS) is 17.9. The summed E-state index contributed by atoms with van der Waals surface area (Å²) in [6.07, 6.45) is 5.24. The van der Waals surface area contributed by atoms with Gasteiger partial charge in [-0.05, 0) is 65.5 Å². The Hall–Kier alpha value is -0.780. The molecule has 0 spiro atoms. The van der Waals surface area contributed by atoms with E-state index in [1.807, 2.05) is 0 Å². The van der Waals surface area contributed by atoms with Gasteiger partial charge in [0.15, 0.2) is 0 Å². The van der Waals surface area contributed by atoms with Crippen molar-refractivity contribution in [2.45, 2.75) is 39.2 Å². The average Bonchev–Trinajstić information content (AvgIpc) is 2.59. The van der Waals surface area contributed by atoms with Crippen LogP contribution in [0.1, 0.15) is 32.6 Å². The molecule has 0 aliphatic heterocycles. The third-order valence-corrected chi connectivity index (χ3v) is 5.07. The second-order valence-corrected chi connectivity index (χ2v) is 6.64. The van der Waals surface area contributed by atoms with E-state index in [9.17, 15) is 0 Å². The van der Waals surface area contributed by atoms with E-state index in [-0.39, 0.29) is 0 Å². The number of hydrogen-bond acceptors (Lipinski definition) is 2. The van der Waals surface area contributed by atoms with E-state index in [2.05, 4.69) is 57.3 Å². The lowest BCUT2D eigenvalue weighted by Gasteiger charge is -2.41. The Labute approximate surface area is 121 Å². The van der Waals surface area contributed by atoms with Crippen molar-refractivity contribution in [1.82, 2.24) is 9.55 Å². The van der Waals surface area contributed by atoms with Gasteiger partial charge in [0, 0.05) is 10.1 Å². The molecule has 0 atom stereocenters. The third kappa shape index (κ3) is 1.90. The Morgan fingerprint density at radius 1 is 1.44 bits per heavy atom. The molecule has 2 aromatic rings. The van der Waals surface area contributed by atoms with Crippen molar-refractivity contribution in [1.29, 1.82) is 0 Å². The van der Waals surface area contributed by atoms with Gasteiger partial charge in [-0.1, -0.05) is 13.3 Å². The van der Waals surface area contributed by atoms with Crippen molar-refractivity contribution < 1.29 is 0 Å². The van der Waals surface area contributed by atoms with Crippen LogP contribution in [0, 0.1) is 8.99 Å². The van der Waals surface area contributed by atoms with Crippen molar-refractivity contribution in [3.8, 4) is 0 Å². The molecule has 1 heterocycles. The quantitative estimate of drug-likeness (QED) is 0.851. The van der Waals surface area contributed by atoms with Gasteiger partial charge in [-0.3, -0.25) is 0 Å². The molecule has 1 aliphatic carbocycles. The summed E-state index contributed by atoms with van der Waals surface area (Å²) in [5.74, 6) is 0.659. The Morgan fingerprint density at radius 2 is 2.22 bits per heavy atom. The topological polar surface area (TPSA) is 43.8 Å². The van der Waals surface area contributed by atoms with Crippen LogP contribution in [0.25, 0.3) is 11.0 Å². The molecule has 96 valence electrons. The van der Waals surface area contributed by atoms with Crippen molar-refractivity contribution in [2.75, 3.05) is 5.73 Å². The molecule has 2 N–H and O–H groups in total. The summed E-state index contributed by atoms with van der Waals surface area (Å²) in [4.78, 5) is 4.49. The highest BCUT2D eigenvalue weighted by Gasteiger charge is 2.36. The smallest absolute Gasteiger partial charge is 0.201 e. The predicted octanol–water partition coefficient (Wildman–Crippen LogP) is 3.80. The summed E-state index contributed by atoms with van der Waals surface area (Å²) in [5.41, 5.74) is 8.75. The first kappa shape index (κ1) is 12.3. The molecule has 1 aliphatic rings. The number of fused-ring (bicyclic) bond motifs is 1. The molecular formula is C14H18IN3. The fraction of sp³-hybridized carbons (Fsp3) is 0.500. The Balaban J connectivity index is 2.03. The average molecular weight is 355 g/mol. The number of imidazole rings is 1. The molecular weight excluding hydrogens is 337 g/mol. The summed E-state index contributed by atoms with van der Waals surface area (Å²) in [6, 6.07) is 6.37. The van der Waals surface area contributed by atoms with E-state index in [0.29, 0.717) is 11.4 Å². The van der Waals surface area contributed by atoms with Crippen molar-refractivity contribution >= 4 is 39.6 Å². The molecule has 18 heavy (non-hydrogen) atoms. The fourth-order valence-electron chi connectivity index (χ4n) is 2.92. The summed E-state index contributed by atoms with van der Waals surface area (Å²) < 4.78 is 3.41. The van der Waals surface area contributed by atoms with Crippen LogP contribution in [0.15, 0.2) is 18.2 Å². The number of benzene rings is 1. The highest BCUT2D eigenvalue weighted by molar-refractivity contribution is 14.1. The van der Waals surface area contributed by atoms with Crippen LogP contribution in [0.3, 0.4) is 0 Å². The fourth-order valence-corrected chi connectivity index (χ4v) is 3.40. The highest BCUT2D eigenvalue weighted by Crippen LogP contribution is 2.46. The molecule has 0 saturated heterocycles. The molecule has 3 rings (SSSR count). The van der Waals surface area contributed by atoms with Crippen LogP contribution in [0.2, 0.25) is 0 Å². The number of hydrogen-bond donors (Lipinski definition) is 1. The molecule has 4 heteroatoms. The van der Waals surface area contributed by atoms with E-state index >= 15 is 0 Å². The van der Waals surface area contributed by atoms with Crippen LogP contribution < -0.4 is 5.73 Å². The van der Waals surface area contributed by atoms with Crippen LogP contribution in [0.5, 0.6) is 0 Å². The first-order valence-corrected chi connectivity index (χ1v) is 7.63. The van der Waals surface area contributed by atoms with Gasteiger partial charge in [0.1, 0.15) is 0 Å². The van der Waals surface area contributed by atoms with Crippen LogP contribution in [-0.4, -0.2) is 9.55 Å². The van der Waals surface area contributed by atoms with Gasteiger partial charge in [-0.25, -0.2) is 4.98 Å². The Kier molecular flexibility index (Phi) is 3.00. The number of nitrogen functional groups attached to an aromatic ring is 1. The predicted molar refractivity (Wildman–Crippen MR) is 83.4 cm³/mol. The zero-order chi connectivity index (χ0) is 12.8. The molecule has 0 radical (unpaired) electrons. The molecule has 1 aromatic heterocycles. The van der Waals surface area contributed by atoms with E-state index in [1.54, 1.807) is 0 Å². The Bertz CT molecular complexity index is 578. The molecule has 0 bridgehead atoms. The maximum Gasteiger partial charge on any atom is 0.201 e. The molecule has 1 aromatic carbocycles. The van der Waals surface area contributed by atoms with Gasteiger partial charge in [0.25, 0.3) is 0 Å². The molecule has 3 nitrogen and oxygen atoms in total. The van der Waals surface area contributed by atoms with Crippen molar-refractivity contribution in [3.05, 3.63) is 21.8 Å². The summed E-state index contributed by atoms with van der Waals surface area (Å²) >= 11 is 2.31. The number of anilines is 1. The second kappa shape index (κ2) is 4.40. The Morgan fingerprint density at radius 3 is 2.83 bits per heavy atom. The number of halogens is 1. The number of rotatable bonds is 3. The van der Waals surface area contributed by atoms with E-state index in [1.165, 1.54) is 34.8 Å². The van der Waals surface area contributed by atoms with Crippen molar-refractivity contribution in [3.63, 3.8) is 0 Å². The van der Waals surface area contributed by atoms with Gasteiger partial charge < -0.3 is 10.3 Å². The zero-order valence-electron chi connectivity index (χ0n) is 10.6. The van der Waals surface area contributed by atoms with Gasteiger partial charge in [-0.15, -0.1) is 0 Å². The number of nitrogens with two attached hydrogens (primary N) is 1. The maximum atomic E-state index is 6.09. The lowest BCUT2D eigenvalue weighted by atomic mass is 9.67. The minimum atomic E-state index is 0.463. The van der Waals surface area contributed by atoms with Gasteiger partial charge in [0.2, 0.25) is 5.95 Å². The van der Waals surface area contributed by atoms with Crippen LogP contribution in [0.4, 0.5) is 5.95 Å². The largest absolute Gasteiger partial charge is 0.369 e. The SMILES string of the molecule is CCC1(Cn2c(N)nc3cc(I)ccc32)CCC1. The number of aromatic nitrogens is 2.